The summed E-state index contributed by atoms with van der Waals surface area (Å²) in [6.07, 6.45) is 3.14. The van der Waals surface area contributed by atoms with E-state index in [1.165, 1.54) is 0 Å². The van der Waals surface area contributed by atoms with E-state index in [1.807, 2.05) is 24.3 Å². The van der Waals surface area contributed by atoms with Crippen LogP contribution < -0.4 is 15.8 Å². The third kappa shape index (κ3) is 4.21. The summed E-state index contributed by atoms with van der Waals surface area (Å²) in [7, 11) is 0. The zero-order valence-corrected chi connectivity index (χ0v) is 13.1. The summed E-state index contributed by atoms with van der Waals surface area (Å²) < 4.78 is 6.59. The van der Waals surface area contributed by atoms with Crippen molar-refractivity contribution in [2.24, 2.45) is 17.6 Å². The molecule has 0 saturated heterocycles. The normalized spacial score (nSPS) is 21.7. The Labute approximate surface area is 128 Å². The van der Waals surface area contributed by atoms with Gasteiger partial charge in [0.25, 0.3) is 0 Å². The second-order valence-corrected chi connectivity index (χ2v) is 6.04. The molecule has 1 saturated carbocycles. The van der Waals surface area contributed by atoms with Crippen LogP contribution in [-0.4, -0.2) is 25.6 Å². The SMILES string of the molecule is NC[C@H]1CCC[C@H]1C(=O)NCCOc1ccc(Br)cc1. The minimum absolute atomic E-state index is 0.0904. The lowest BCUT2D eigenvalue weighted by Crippen LogP contribution is -2.37. The molecule has 4 nitrogen and oxygen atoms in total. The van der Waals surface area contributed by atoms with Crippen LogP contribution in [0.25, 0.3) is 0 Å². The first-order valence-electron chi connectivity index (χ1n) is 7.07. The molecule has 0 unspecified atom stereocenters. The van der Waals surface area contributed by atoms with Crippen LogP contribution in [0.4, 0.5) is 0 Å². The minimum Gasteiger partial charge on any atom is -0.492 e. The first-order chi connectivity index (χ1) is 9.70. The van der Waals surface area contributed by atoms with E-state index in [-0.39, 0.29) is 11.8 Å². The molecule has 1 fully saturated rings. The van der Waals surface area contributed by atoms with E-state index >= 15 is 0 Å². The molecular weight excluding hydrogens is 320 g/mol. The lowest BCUT2D eigenvalue weighted by molar-refractivity contribution is -0.126. The van der Waals surface area contributed by atoms with Gasteiger partial charge in [0.2, 0.25) is 5.91 Å². The molecule has 1 aliphatic rings. The van der Waals surface area contributed by atoms with Gasteiger partial charge < -0.3 is 15.8 Å². The van der Waals surface area contributed by atoms with Crippen molar-refractivity contribution < 1.29 is 9.53 Å². The summed E-state index contributed by atoms with van der Waals surface area (Å²) in [4.78, 5) is 12.0. The van der Waals surface area contributed by atoms with Crippen LogP contribution >= 0.6 is 15.9 Å². The molecule has 0 spiro atoms. The molecule has 0 aromatic heterocycles. The Bertz CT molecular complexity index is 436. The highest BCUT2D eigenvalue weighted by Crippen LogP contribution is 2.30. The fourth-order valence-corrected chi connectivity index (χ4v) is 2.93. The van der Waals surface area contributed by atoms with Gasteiger partial charge in [0.05, 0.1) is 6.54 Å². The van der Waals surface area contributed by atoms with Gasteiger partial charge in [0.15, 0.2) is 0 Å². The molecule has 1 aliphatic carbocycles. The molecule has 1 aromatic rings. The maximum Gasteiger partial charge on any atom is 0.223 e. The number of hydrogen-bond donors (Lipinski definition) is 2. The maximum absolute atomic E-state index is 12.0. The van der Waals surface area contributed by atoms with Crippen molar-refractivity contribution in [2.75, 3.05) is 19.7 Å². The van der Waals surface area contributed by atoms with E-state index in [9.17, 15) is 4.79 Å². The van der Waals surface area contributed by atoms with E-state index in [0.717, 1.165) is 29.5 Å². The summed E-state index contributed by atoms with van der Waals surface area (Å²) in [5, 5.41) is 2.94. The minimum atomic E-state index is 0.0904. The van der Waals surface area contributed by atoms with Crippen molar-refractivity contribution >= 4 is 21.8 Å². The van der Waals surface area contributed by atoms with Crippen molar-refractivity contribution in [2.45, 2.75) is 19.3 Å². The Morgan fingerprint density at radius 2 is 2.10 bits per heavy atom. The van der Waals surface area contributed by atoms with E-state index < -0.39 is 0 Å². The van der Waals surface area contributed by atoms with Gasteiger partial charge in [-0.1, -0.05) is 22.4 Å². The molecule has 1 amide bonds. The number of nitrogens with two attached hydrogens (primary N) is 1. The van der Waals surface area contributed by atoms with Gasteiger partial charge >= 0.3 is 0 Å². The van der Waals surface area contributed by atoms with Gasteiger partial charge in [-0.2, -0.15) is 0 Å². The third-order valence-corrected chi connectivity index (χ3v) is 4.31. The van der Waals surface area contributed by atoms with Gasteiger partial charge in [-0.05, 0) is 49.6 Å². The fraction of sp³-hybridized carbons (Fsp3) is 0.533. The second kappa shape index (κ2) is 7.64. The number of rotatable bonds is 6. The van der Waals surface area contributed by atoms with Crippen LogP contribution in [0.2, 0.25) is 0 Å². The Hall–Kier alpha value is -1.07. The van der Waals surface area contributed by atoms with Crippen molar-refractivity contribution in [1.29, 1.82) is 0 Å². The summed E-state index contributed by atoms with van der Waals surface area (Å²) in [6.45, 7) is 1.61. The number of carbonyl (C=O) groups is 1. The molecule has 3 N–H and O–H groups in total. The largest absolute Gasteiger partial charge is 0.492 e. The summed E-state index contributed by atoms with van der Waals surface area (Å²) >= 11 is 3.37. The summed E-state index contributed by atoms with van der Waals surface area (Å²) in [5.74, 6) is 1.37. The summed E-state index contributed by atoms with van der Waals surface area (Å²) in [6, 6.07) is 7.65. The number of nitrogens with one attached hydrogen (secondary N) is 1. The topological polar surface area (TPSA) is 64.4 Å². The predicted octanol–water partition coefficient (Wildman–Crippen LogP) is 2.32. The molecule has 0 aliphatic heterocycles. The van der Waals surface area contributed by atoms with Gasteiger partial charge in [-0.3, -0.25) is 4.79 Å². The Morgan fingerprint density at radius 1 is 1.35 bits per heavy atom. The highest BCUT2D eigenvalue weighted by atomic mass is 79.9. The van der Waals surface area contributed by atoms with E-state index in [1.54, 1.807) is 0 Å². The monoisotopic (exact) mass is 340 g/mol. The number of amides is 1. The zero-order chi connectivity index (χ0) is 14.4. The van der Waals surface area contributed by atoms with Crippen LogP contribution in [0.5, 0.6) is 5.75 Å². The molecule has 20 heavy (non-hydrogen) atoms. The van der Waals surface area contributed by atoms with E-state index in [4.69, 9.17) is 10.5 Å². The van der Waals surface area contributed by atoms with Crippen LogP contribution in [0.1, 0.15) is 19.3 Å². The van der Waals surface area contributed by atoms with Gasteiger partial charge in [-0.25, -0.2) is 0 Å². The average molecular weight is 341 g/mol. The number of carbonyl (C=O) groups excluding carboxylic acids is 1. The van der Waals surface area contributed by atoms with E-state index in [0.29, 0.717) is 25.6 Å². The van der Waals surface area contributed by atoms with Gasteiger partial charge in [-0.15, -0.1) is 0 Å². The molecule has 5 heteroatoms. The number of ether oxygens (including phenoxy) is 1. The molecule has 0 bridgehead atoms. The maximum atomic E-state index is 12.0. The lowest BCUT2D eigenvalue weighted by Gasteiger charge is -2.17. The van der Waals surface area contributed by atoms with Gasteiger partial charge in [0, 0.05) is 10.4 Å². The van der Waals surface area contributed by atoms with Gasteiger partial charge in [0.1, 0.15) is 12.4 Å². The Kier molecular flexibility index (Phi) is 5.86. The van der Waals surface area contributed by atoms with Crippen molar-refractivity contribution in [1.82, 2.24) is 5.32 Å². The zero-order valence-electron chi connectivity index (χ0n) is 11.5. The molecular formula is C15H21BrN2O2. The highest BCUT2D eigenvalue weighted by Gasteiger charge is 2.31. The average Bonchev–Trinajstić information content (AvgIpc) is 2.94. The second-order valence-electron chi connectivity index (χ2n) is 5.13. The van der Waals surface area contributed by atoms with Crippen LogP contribution in [0, 0.1) is 11.8 Å². The third-order valence-electron chi connectivity index (χ3n) is 3.78. The molecule has 0 heterocycles. The van der Waals surface area contributed by atoms with Crippen LogP contribution in [0.15, 0.2) is 28.7 Å². The first-order valence-corrected chi connectivity index (χ1v) is 7.86. The molecule has 2 rings (SSSR count). The smallest absolute Gasteiger partial charge is 0.223 e. The molecule has 1 aromatic carbocycles. The fourth-order valence-electron chi connectivity index (χ4n) is 2.67. The van der Waals surface area contributed by atoms with Crippen molar-refractivity contribution in [3.8, 4) is 5.75 Å². The molecule has 110 valence electrons. The molecule has 0 radical (unpaired) electrons. The van der Waals surface area contributed by atoms with Crippen molar-refractivity contribution in [3.05, 3.63) is 28.7 Å². The Morgan fingerprint density at radius 3 is 2.80 bits per heavy atom. The van der Waals surface area contributed by atoms with Crippen LogP contribution in [0.3, 0.4) is 0 Å². The molecule has 2 atom stereocenters. The number of benzene rings is 1. The first kappa shape index (κ1) is 15.3. The lowest BCUT2D eigenvalue weighted by atomic mass is 9.95. The highest BCUT2D eigenvalue weighted by molar-refractivity contribution is 9.10. The van der Waals surface area contributed by atoms with E-state index in [2.05, 4.69) is 21.2 Å². The van der Waals surface area contributed by atoms with Crippen LogP contribution in [-0.2, 0) is 4.79 Å². The standard InChI is InChI=1S/C15H21BrN2O2/c16-12-4-6-13(7-5-12)20-9-8-18-15(19)14-3-1-2-11(14)10-17/h4-7,11,14H,1-3,8-10,17H2,(H,18,19)/t11-,14-/m1/s1. The summed E-state index contributed by atoms with van der Waals surface area (Å²) in [5.41, 5.74) is 5.70. The number of hydrogen-bond acceptors (Lipinski definition) is 3. The van der Waals surface area contributed by atoms with Crippen molar-refractivity contribution in [3.63, 3.8) is 0 Å². The number of halogens is 1. The predicted molar refractivity (Wildman–Crippen MR) is 82.5 cm³/mol. The Balaban J connectivity index is 1.68. The quantitative estimate of drug-likeness (QED) is 0.781.